The van der Waals surface area contributed by atoms with E-state index in [4.69, 9.17) is 11.1 Å². The third-order valence-corrected chi connectivity index (χ3v) is 2.77. The summed E-state index contributed by atoms with van der Waals surface area (Å²) >= 11 is 0. The lowest BCUT2D eigenvalue weighted by atomic mass is 10.1. The maximum absolute atomic E-state index is 13.0. The summed E-state index contributed by atoms with van der Waals surface area (Å²) < 4.78 is 13.0. The summed E-state index contributed by atoms with van der Waals surface area (Å²) in [6.45, 7) is 0.280. The van der Waals surface area contributed by atoms with E-state index < -0.39 is 11.8 Å². The minimum absolute atomic E-state index is 0.0268. The van der Waals surface area contributed by atoms with Gasteiger partial charge in [0.15, 0.2) is 0 Å². The third-order valence-electron chi connectivity index (χ3n) is 2.77. The number of urea groups is 1. The second-order valence-corrected chi connectivity index (χ2v) is 4.43. The van der Waals surface area contributed by atoms with Gasteiger partial charge in [-0.1, -0.05) is 24.3 Å². The summed E-state index contributed by atoms with van der Waals surface area (Å²) in [5, 5.41) is 12.5. The van der Waals surface area contributed by atoms with Gasteiger partial charge in [-0.05, 0) is 29.8 Å². The standard InChI is InChI=1S/C15H15FN4O/c16-12-5-2-6-13(8-12)20-15(21)19-9-10-3-1-4-11(7-10)14(17)18/h1-8H,9H2,(H3,17,18)(H2,19,20,21). The molecule has 0 bridgehead atoms. The Balaban J connectivity index is 1.92. The van der Waals surface area contributed by atoms with Crippen LogP contribution in [0.4, 0.5) is 14.9 Å². The SMILES string of the molecule is N=C(N)c1cccc(CNC(=O)Nc2cccc(F)c2)c1. The molecule has 0 spiro atoms. The van der Waals surface area contributed by atoms with Crippen LogP contribution < -0.4 is 16.4 Å². The molecular weight excluding hydrogens is 271 g/mol. The van der Waals surface area contributed by atoms with Crippen molar-refractivity contribution in [2.24, 2.45) is 5.73 Å². The lowest BCUT2D eigenvalue weighted by molar-refractivity contribution is 0.251. The molecule has 2 amide bonds. The Bertz CT molecular complexity index is 672. The number of nitrogens with two attached hydrogens (primary N) is 1. The Morgan fingerprint density at radius 2 is 1.95 bits per heavy atom. The van der Waals surface area contributed by atoms with Gasteiger partial charge in [-0.15, -0.1) is 0 Å². The van der Waals surface area contributed by atoms with Crippen molar-refractivity contribution in [3.05, 3.63) is 65.5 Å². The van der Waals surface area contributed by atoms with Crippen molar-refractivity contribution >= 4 is 17.6 Å². The quantitative estimate of drug-likeness (QED) is 0.513. The first-order valence-corrected chi connectivity index (χ1v) is 6.28. The monoisotopic (exact) mass is 286 g/mol. The van der Waals surface area contributed by atoms with Gasteiger partial charge in [0.1, 0.15) is 11.7 Å². The number of carbonyl (C=O) groups is 1. The highest BCUT2D eigenvalue weighted by molar-refractivity contribution is 5.95. The van der Waals surface area contributed by atoms with Crippen molar-refractivity contribution in [3.63, 3.8) is 0 Å². The van der Waals surface area contributed by atoms with Crippen LogP contribution in [-0.4, -0.2) is 11.9 Å². The fourth-order valence-electron chi connectivity index (χ4n) is 1.77. The van der Waals surface area contributed by atoms with E-state index in [1.54, 1.807) is 24.3 Å². The molecule has 0 fully saturated rings. The molecule has 0 atom stereocenters. The van der Waals surface area contributed by atoms with Gasteiger partial charge < -0.3 is 16.4 Å². The zero-order valence-corrected chi connectivity index (χ0v) is 11.2. The van der Waals surface area contributed by atoms with Crippen LogP contribution in [0.15, 0.2) is 48.5 Å². The largest absolute Gasteiger partial charge is 0.384 e. The van der Waals surface area contributed by atoms with E-state index in [1.165, 1.54) is 18.2 Å². The van der Waals surface area contributed by atoms with E-state index >= 15 is 0 Å². The maximum Gasteiger partial charge on any atom is 0.319 e. The molecule has 0 saturated carbocycles. The smallest absolute Gasteiger partial charge is 0.319 e. The average molecular weight is 286 g/mol. The fraction of sp³-hybridized carbons (Fsp3) is 0.0667. The molecule has 0 unspecified atom stereocenters. The molecule has 6 heteroatoms. The molecule has 5 N–H and O–H groups in total. The molecule has 0 saturated heterocycles. The van der Waals surface area contributed by atoms with Crippen LogP contribution >= 0.6 is 0 Å². The predicted molar refractivity (Wildman–Crippen MR) is 79.7 cm³/mol. The van der Waals surface area contributed by atoms with Crippen LogP contribution in [0.25, 0.3) is 0 Å². The van der Waals surface area contributed by atoms with Crippen LogP contribution in [0.5, 0.6) is 0 Å². The van der Waals surface area contributed by atoms with Crippen LogP contribution in [0, 0.1) is 11.2 Å². The fourth-order valence-corrected chi connectivity index (χ4v) is 1.77. The van der Waals surface area contributed by atoms with E-state index in [0.717, 1.165) is 5.56 Å². The Hall–Kier alpha value is -2.89. The molecule has 5 nitrogen and oxygen atoms in total. The number of nitrogen functional groups attached to an aromatic ring is 1. The van der Waals surface area contributed by atoms with Gasteiger partial charge in [-0.3, -0.25) is 5.41 Å². The van der Waals surface area contributed by atoms with Gasteiger partial charge in [-0.2, -0.15) is 0 Å². The Kier molecular flexibility index (Phi) is 4.50. The molecular formula is C15H15FN4O. The second kappa shape index (κ2) is 6.51. The van der Waals surface area contributed by atoms with Gasteiger partial charge in [0.2, 0.25) is 0 Å². The number of hydrogen-bond donors (Lipinski definition) is 4. The minimum Gasteiger partial charge on any atom is -0.384 e. The van der Waals surface area contributed by atoms with Gasteiger partial charge in [0.05, 0.1) is 0 Å². The average Bonchev–Trinajstić information content (AvgIpc) is 2.45. The number of benzene rings is 2. The summed E-state index contributed by atoms with van der Waals surface area (Å²) in [7, 11) is 0. The molecule has 21 heavy (non-hydrogen) atoms. The van der Waals surface area contributed by atoms with Gasteiger partial charge in [0.25, 0.3) is 0 Å². The van der Waals surface area contributed by atoms with Crippen molar-refractivity contribution in [2.75, 3.05) is 5.32 Å². The topological polar surface area (TPSA) is 91.0 Å². The maximum atomic E-state index is 13.0. The van der Waals surface area contributed by atoms with E-state index in [-0.39, 0.29) is 12.4 Å². The molecule has 0 heterocycles. The van der Waals surface area contributed by atoms with Gasteiger partial charge >= 0.3 is 6.03 Å². The van der Waals surface area contributed by atoms with Crippen molar-refractivity contribution in [2.45, 2.75) is 6.54 Å². The summed E-state index contributed by atoms with van der Waals surface area (Å²) in [6.07, 6.45) is 0. The van der Waals surface area contributed by atoms with Gasteiger partial charge in [0, 0.05) is 17.8 Å². The van der Waals surface area contributed by atoms with E-state index in [9.17, 15) is 9.18 Å². The molecule has 2 aromatic rings. The summed E-state index contributed by atoms with van der Waals surface area (Å²) in [5.41, 5.74) is 7.20. The zero-order chi connectivity index (χ0) is 15.2. The molecule has 0 aromatic heterocycles. The Morgan fingerprint density at radius 3 is 2.67 bits per heavy atom. The number of hydrogen-bond acceptors (Lipinski definition) is 2. The number of rotatable bonds is 4. The van der Waals surface area contributed by atoms with Crippen LogP contribution in [0.2, 0.25) is 0 Å². The minimum atomic E-state index is -0.436. The number of carbonyl (C=O) groups excluding carboxylic acids is 1. The summed E-state index contributed by atoms with van der Waals surface area (Å²) in [6, 6.07) is 12.2. The molecule has 0 radical (unpaired) electrons. The van der Waals surface area contributed by atoms with E-state index in [0.29, 0.717) is 11.3 Å². The van der Waals surface area contributed by atoms with E-state index in [1.807, 2.05) is 6.07 Å². The first-order chi connectivity index (χ1) is 10.0. The molecule has 0 aliphatic heterocycles. The molecule has 2 aromatic carbocycles. The van der Waals surface area contributed by atoms with Crippen molar-refractivity contribution in [1.82, 2.24) is 5.32 Å². The van der Waals surface area contributed by atoms with Crippen LogP contribution in [0.1, 0.15) is 11.1 Å². The first kappa shape index (κ1) is 14.5. The van der Waals surface area contributed by atoms with Crippen molar-refractivity contribution in [1.29, 1.82) is 5.41 Å². The highest BCUT2D eigenvalue weighted by Crippen LogP contribution is 2.09. The number of amidine groups is 1. The zero-order valence-electron chi connectivity index (χ0n) is 11.2. The highest BCUT2D eigenvalue weighted by atomic mass is 19.1. The Labute approximate surface area is 121 Å². The molecule has 0 aliphatic rings. The second-order valence-electron chi connectivity index (χ2n) is 4.43. The third kappa shape index (κ3) is 4.31. The molecule has 2 rings (SSSR count). The molecule has 0 aliphatic carbocycles. The highest BCUT2D eigenvalue weighted by Gasteiger charge is 2.03. The lowest BCUT2D eigenvalue weighted by Gasteiger charge is -2.08. The molecule has 108 valence electrons. The predicted octanol–water partition coefficient (Wildman–Crippen LogP) is 2.43. The summed E-state index contributed by atoms with van der Waals surface area (Å²) in [4.78, 5) is 11.7. The number of nitrogens with one attached hydrogen (secondary N) is 3. The van der Waals surface area contributed by atoms with Crippen LogP contribution in [-0.2, 0) is 6.54 Å². The lowest BCUT2D eigenvalue weighted by Crippen LogP contribution is -2.28. The number of amides is 2. The summed E-state index contributed by atoms with van der Waals surface area (Å²) in [5.74, 6) is -0.442. The van der Waals surface area contributed by atoms with Crippen molar-refractivity contribution in [3.8, 4) is 0 Å². The van der Waals surface area contributed by atoms with Gasteiger partial charge in [-0.25, -0.2) is 9.18 Å². The Morgan fingerprint density at radius 1 is 1.19 bits per heavy atom. The normalized spacial score (nSPS) is 9.95. The first-order valence-electron chi connectivity index (χ1n) is 6.28. The number of halogens is 1. The van der Waals surface area contributed by atoms with Crippen molar-refractivity contribution < 1.29 is 9.18 Å². The van der Waals surface area contributed by atoms with Crippen LogP contribution in [0.3, 0.4) is 0 Å². The number of anilines is 1. The van der Waals surface area contributed by atoms with E-state index in [2.05, 4.69) is 10.6 Å².